The number of aromatic amines is 1. The summed E-state index contributed by atoms with van der Waals surface area (Å²) in [7, 11) is 0. The lowest BCUT2D eigenvalue weighted by atomic mass is 10.1. The summed E-state index contributed by atoms with van der Waals surface area (Å²) < 4.78 is 1.04. The number of hydrogen-bond acceptors (Lipinski definition) is 4. The van der Waals surface area contributed by atoms with E-state index >= 15 is 0 Å². The average Bonchev–Trinajstić information content (AvgIpc) is 2.76. The summed E-state index contributed by atoms with van der Waals surface area (Å²) in [6, 6.07) is 3.92. The Balaban J connectivity index is 2.13. The van der Waals surface area contributed by atoms with E-state index in [2.05, 4.69) is 31.2 Å². The summed E-state index contributed by atoms with van der Waals surface area (Å²) in [4.78, 5) is 20.3. The molecule has 0 atom stereocenters. The summed E-state index contributed by atoms with van der Waals surface area (Å²) in [6.07, 6.45) is 0.818. The van der Waals surface area contributed by atoms with Gasteiger partial charge in [0.1, 0.15) is 0 Å². The van der Waals surface area contributed by atoms with Crippen LogP contribution in [0.4, 0.5) is 0 Å². The van der Waals surface area contributed by atoms with E-state index in [0.717, 1.165) is 32.9 Å². The molecule has 1 aliphatic heterocycles. The lowest BCUT2D eigenvalue weighted by Gasteiger charge is -2.15. The highest BCUT2D eigenvalue weighted by Gasteiger charge is 2.16. The van der Waals surface area contributed by atoms with Crippen LogP contribution in [0.1, 0.15) is 11.3 Å². The van der Waals surface area contributed by atoms with Gasteiger partial charge in [-0.25, -0.2) is 4.98 Å². The molecule has 0 saturated heterocycles. The van der Waals surface area contributed by atoms with Crippen LogP contribution >= 0.6 is 27.3 Å². The molecule has 0 bridgehead atoms. The second-order valence-corrected chi connectivity index (χ2v) is 6.33. The van der Waals surface area contributed by atoms with E-state index in [-0.39, 0.29) is 5.56 Å². The van der Waals surface area contributed by atoms with Crippen molar-refractivity contribution in [3.8, 4) is 10.7 Å². The Morgan fingerprint density at radius 2 is 2.29 bits per heavy atom. The maximum atomic E-state index is 11.9. The Morgan fingerprint density at radius 1 is 1.41 bits per heavy atom. The maximum Gasteiger partial charge on any atom is 0.255 e. The third kappa shape index (κ3) is 2.08. The van der Waals surface area contributed by atoms with Crippen molar-refractivity contribution in [2.24, 2.45) is 0 Å². The first-order chi connectivity index (χ1) is 8.24. The van der Waals surface area contributed by atoms with E-state index in [1.54, 1.807) is 11.3 Å². The monoisotopic (exact) mass is 311 g/mol. The van der Waals surface area contributed by atoms with Crippen molar-refractivity contribution < 1.29 is 0 Å². The molecule has 88 valence electrons. The largest absolute Gasteiger partial charge is 0.312 e. The van der Waals surface area contributed by atoms with Gasteiger partial charge < -0.3 is 10.3 Å². The average molecular weight is 312 g/mol. The van der Waals surface area contributed by atoms with Gasteiger partial charge in [0.15, 0.2) is 5.82 Å². The molecule has 2 aromatic heterocycles. The third-order valence-electron chi connectivity index (χ3n) is 2.75. The topological polar surface area (TPSA) is 57.8 Å². The summed E-state index contributed by atoms with van der Waals surface area (Å²) >= 11 is 4.98. The van der Waals surface area contributed by atoms with E-state index in [9.17, 15) is 4.79 Å². The second kappa shape index (κ2) is 4.36. The molecule has 3 heterocycles. The number of fused-ring (bicyclic) bond motifs is 1. The third-order valence-corrected chi connectivity index (χ3v) is 4.38. The van der Waals surface area contributed by atoms with Gasteiger partial charge in [0.2, 0.25) is 0 Å². The van der Waals surface area contributed by atoms with Crippen LogP contribution in [0.15, 0.2) is 20.7 Å². The van der Waals surface area contributed by atoms with E-state index in [1.165, 1.54) is 0 Å². The van der Waals surface area contributed by atoms with E-state index in [1.807, 2.05) is 12.1 Å². The van der Waals surface area contributed by atoms with Crippen LogP contribution in [0.25, 0.3) is 10.7 Å². The summed E-state index contributed by atoms with van der Waals surface area (Å²) in [5, 5.41) is 3.18. The predicted molar refractivity (Wildman–Crippen MR) is 71.3 cm³/mol. The number of aromatic nitrogens is 2. The Bertz CT molecular complexity index is 619. The normalized spacial score (nSPS) is 14.6. The van der Waals surface area contributed by atoms with Crippen molar-refractivity contribution in [2.45, 2.75) is 13.0 Å². The van der Waals surface area contributed by atoms with E-state index in [4.69, 9.17) is 0 Å². The lowest BCUT2D eigenvalue weighted by Crippen LogP contribution is -2.31. The Morgan fingerprint density at radius 3 is 3.06 bits per heavy atom. The van der Waals surface area contributed by atoms with Crippen molar-refractivity contribution in [2.75, 3.05) is 6.54 Å². The number of H-pyrrole nitrogens is 1. The van der Waals surface area contributed by atoms with E-state index < -0.39 is 0 Å². The van der Waals surface area contributed by atoms with Crippen molar-refractivity contribution in [1.82, 2.24) is 15.3 Å². The molecule has 0 radical (unpaired) electrons. The van der Waals surface area contributed by atoms with Gasteiger partial charge in [-0.15, -0.1) is 11.3 Å². The minimum atomic E-state index is -0.0262. The number of nitrogens with one attached hydrogen (secondary N) is 2. The van der Waals surface area contributed by atoms with Gasteiger partial charge in [-0.05, 0) is 28.1 Å². The van der Waals surface area contributed by atoms with Crippen molar-refractivity contribution in [1.29, 1.82) is 0 Å². The molecule has 0 aromatic carbocycles. The Labute approximate surface area is 110 Å². The molecule has 0 unspecified atom stereocenters. The molecule has 2 N–H and O–H groups in total. The van der Waals surface area contributed by atoms with Gasteiger partial charge in [0, 0.05) is 19.5 Å². The maximum absolute atomic E-state index is 11.9. The Hall–Kier alpha value is -0.980. The number of rotatable bonds is 1. The van der Waals surface area contributed by atoms with Crippen LogP contribution < -0.4 is 10.9 Å². The van der Waals surface area contributed by atoms with E-state index in [0.29, 0.717) is 12.4 Å². The number of hydrogen-bond donors (Lipinski definition) is 2. The van der Waals surface area contributed by atoms with Crippen molar-refractivity contribution >= 4 is 27.3 Å². The first kappa shape index (κ1) is 11.1. The van der Waals surface area contributed by atoms with Crippen LogP contribution in [0.5, 0.6) is 0 Å². The Kier molecular flexibility index (Phi) is 2.85. The zero-order valence-corrected chi connectivity index (χ0v) is 11.3. The molecule has 0 saturated carbocycles. The second-order valence-electron chi connectivity index (χ2n) is 3.87. The first-order valence-electron chi connectivity index (χ1n) is 5.32. The highest BCUT2D eigenvalue weighted by molar-refractivity contribution is 9.11. The summed E-state index contributed by atoms with van der Waals surface area (Å²) in [5.74, 6) is 0.673. The van der Waals surface area contributed by atoms with Gasteiger partial charge >= 0.3 is 0 Å². The van der Waals surface area contributed by atoms with Crippen LogP contribution in [0, 0.1) is 0 Å². The van der Waals surface area contributed by atoms with Crippen molar-refractivity contribution in [3.05, 3.63) is 37.5 Å². The standard InChI is InChI=1S/C11H10BrN3OS/c12-9-2-1-8(17-9)10-14-7-3-4-13-5-6(7)11(16)15-10/h1-2,13H,3-5H2,(H,14,15,16). The molecule has 17 heavy (non-hydrogen) atoms. The van der Waals surface area contributed by atoms with Gasteiger partial charge in [0.05, 0.1) is 19.9 Å². The SMILES string of the molecule is O=c1[nH]c(-c2ccc(Br)s2)nc2c1CNCC2. The lowest BCUT2D eigenvalue weighted by molar-refractivity contribution is 0.621. The highest BCUT2D eigenvalue weighted by Crippen LogP contribution is 2.28. The highest BCUT2D eigenvalue weighted by atomic mass is 79.9. The molecule has 6 heteroatoms. The van der Waals surface area contributed by atoms with Gasteiger partial charge in [-0.2, -0.15) is 0 Å². The summed E-state index contributed by atoms with van der Waals surface area (Å²) in [5.41, 5.74) is 1.67. The van der Waals surface area contributed by atoms with Crippen LogP contribution in [0.3, 0.4) is 0 Å². The molecule has 0 spiro atoms. The molecule has 2 aromatic rings. The molecule has 3 rings (SSSR count). The fourth-order valence-electron chi connectivity index (χ4n) is 1.91. The van der Waals surface area contributed by atoms with Crippen LogP contribution in [0.2, 0.25) is 0 Å². The zero-order chi connectivity index (χ0) is 11.8. The zero-order valence-electron chi connectivity index (χ0n) is 8.92. The fraction of sp³-hybridized carbons (Fsp3) is 0.273. The molecule has 0 aliphatic carbocycles. The van der Waals surface area contributed by atoms with Crippen molar-refractivity contribution in [3.63, 3.8) is 0 Å². The quantitative estimate of drug-likeness (QED) is 0.846. The van der Waals surface area contributed by atoms with Crippen LogP contribution in [-0.4, -0.2) is 16.5 Å². The molecular formula is C11H10BrN3OS. The van der Waals surface area contributed by atoms with Gasteiger partial charge in [0.25, 0.3) is 5.56 Å². The minimum absolute atomic E-state index is 0.0262. The molecule has 0 fully saturated rings. The smallest absolute Gasteiger partial charge is 0.255 e. The molecule has 4 nitrogen and oxygen atoms in total. The van der Waals surface area contributed by atoms with Gasteiger partial charge in [-0.3, -0.25) is 4.79 Å². The fourth-order valence-corrected chi connectivity index (χ4v) is 3.24. The molecular weight excluding hydrogens is 302 g/mol. The molecule has 0 amide bonds. The number of halogens is 1. The minimum Gasteiger partial charge on any atom is -0.312 e. The summed E-state index contributed by atoms with van der Waals surface area (Å²) in [6.45, 7) is 1.50. The molecule has 1 aliphatic rings. The predicted octanol–water partition coefficient (Wildman–Crippen LogP) is 1.91. The van der Waals surface area contributed by atoms with Gasteiger partial charge in [-0.1, -0.05) is 0 Å². The number of nitrogens with zero attached hydrogens (tertiary/aromatic N) is 1. The number of thiophene rings is 1. The van der Waals surface area contributed by atoms with Crippen LogP contribution in [-0.2, 0) is 13.0 Å². The first-order valence-corrected chi connectivity index (χ1v) is 6.93.